The highest BCUT2D eigenvalue weighted by molar-refractivity contribution is 5.95. The molecule has 0 aromatic carbocycles. The number of nitrogens with zero attached hydrogens (tertiary/aromatic N) is 2. The van der Waals surface area contributed by atoms with E-state index in [-0.39, 0.29) is 12.5 Å². The van der Waals surface area contributed by atoms with E-state index in [1.807, 2.05) is 0 Å². The standard InChI is InChI=1S/C12H16N2O3/c1-8(12(16)17)7-14(3)11(15)10-5-4-6-13-9(10)2/h4-6,8H,7H2,1-3H3,(H,16,17). The highest BCUT2D eigenvalue weighted by Crippen LogP contribution is 2.08. The van der Waals surface area contributed by atoms with Crippen molar-refractivity contribution in [3.8, 4) is 0 Å². The molecule has 1 rings (SSSR count). The molecule has 5 heteroatoms. The van der Waals surface area contributed by atoms with E-state index in [1.54, 1.807) is 39.2 Å². The van der Waals surface area contributed by atoms with Crippen LogP contribution in [0.4, 0.5) is 0 Å². The first-order valence-electron chi connectivity index (χ1n) is 5.33. The summed E-state index contributed by atoms with van der Waals surface area (Å²) in [4.78, 5) is 28.2. The molecule has 5 nitrogen and oxygen atoms in total. The van der Waals surface area contributed by atoms with E-state index in [1.165, 1.54) is 4.90 Å². The molecule has 0 saturated carbocycles. The number of amides is 1. The largest absolute Gasteiger partial charge is 0.481 e. The predicted molar refractivity (Wildman–Crippen MR) is 62.7 cm³/mol. The van der Waals surface area contributed by atoms with Crippen LogP contribution in [0.3, 0.4) is 0 Å². The fraction of sp³-hybridized carbons (Fsp3) is 0.417. The second-order valence-corrected chi connectivity index (χ2v) is 4.06. The van der Waals surface area contributed by atoms with Crippen LogP contribution in [0.15, 0.2) is 18.3 Å². The molecular formula is C12H16N2O3. The molecule has 0 bridgehead atoms. The summed E-state index contributed by atoms with van der Waals surface area (Å²) in [6.07, 6.45) is 1.62. The molecule has 1 heterocycles. The number of carbonyl (C=O) groups is 2. The van der Waals surface area contributed by atoms with Crippen LogP contribution in [0.5, 0.6) is 0 Å². The first kappa shape index (κ1) is 13.2. The number of aryl methyl sites for hydroxylation is 1. The molecular weight excluding hydrogens is 220 g/mol. The summed E-state index contributed by atoms with van der Waals surface area (Å²) < 4.78 is 0. The molecule has 1 atom stereocenters. The molecule has 1 amide bonds. The van der Waals surface area contributed by atoms with Gasteiger partial charge in [-0.2, -0.15) is 0 Å². The summed E-state index contributed by atoms with van der Waals surface area (Å²) >= 11 is 0. The summed E-state index contributed by atoms with van der Waals surface area (Å²) in [7, 11) is 1.59. The maximum absolute atomic E-state index is 12.0. The quantitative estimate of drug-likeness (QED) is 0.852. The van der Waals surface area contributed by atoms with Gasteiger partial charge in [0.15, 0.2) is 0 Å². The van der Waals surface area contributed by atoms with Crippen molar-refractivity contribution in [2.45, 2.75) is 13.8 Å². The average Bonchev–Trinajstić information content (AvgIpc) is 2.28. The monoisotopic (exact) mass is 236 g/mol. The van der Waals surface area contributed by atoms with Crippen LogP contribution in [0.1, 0.15) is 23.0 Å². The number of pyridine rings is 1. The molecule has 0 aliphatic heterocycles. The lowest BCUT2D eigenvalue weighted by Gasteiger charge is -2.20. The number of rotatable bonds is 4. The predicted octanol–water partition coefficient (Wildman–Crippen LogP) is 1.18. The Morgan fingerprint density at radius 2 is 2.18 bits per heavy atom. The Hall–Kier alpha value is -1.91. The van der Waals surface area contributed by atoms with Gasteiger partial charge in [0.2, 0.25) is 0 Å². The second kappa shape index (κ2) is 5.43. The van der Waals surface area contributed by atoms with Crippen molar-refractivity contribution in [1.82, 2.24) is 9.88 Å². The minimum Gasteiger partial charge on any atom is -0.481 e. The molecule has 0 aliphatic carbocycles. The topological polar surface area (TPSA) is 70.5 Å². The SMILES string of the molecule is Cc1ncccc1C(=O)N(C)CC(C)C(=O)O. The van der Waals surface area contributed by atoms with Gasteiger partial charge >= 0.3 is 5.97 Å². The molecule has 0 fully saturated rings. The van der Waals surface area contributed by atoms with E-state index in [0.29, 0.717) is 11.3 Å². The van der Waals surface area contributed by atoms with Crippen molar-refractivity contribution in [2.75, 3.05) is 13.6 Å². The van der Waals surface area contributed by atoms with Crippen molar-refractivity contribution in [2.24, 2.45) is 5.92 Å². The molecule has 1 aromatic rings. The van der Waals surface area contributed by atoms with Gasteiger partial charge in [0.25, 0.3) is 5.91 Å². The van der Waals surface area contributed by atoms with Crippen molar-refractivity contribution < 1.29 is 14.7 Å². The van der Waals surface area contributed by atoms with Crippen LogP contribution in [0, 0.1) is 12.8 Å². The van der Waals surface area contributed by atoms with Crippen molar-refractivity contribution in [1.29, 1.82) is 0 Å². The number of aromatic nitrogens is 1. The van der Waals surface area contributed by atoms with Crippen LogP contribution in [0.25, 0.3) is 0 Å². The molecule has 1 aromatic heterocycles. The van der Waals surface area contributed by atoms with Crippen molar-refractivity contribution in [3.05, 3.63) is 29.6 Å². The number of hydrogen-bond acceptors (Lipinski definition) is 3. The van der Waals surface area contributed by atoms with E-state index in [4.69, 9.17) is 5.11 Å². The zero-order chi connectivity index (χ0) is 13.0. The lowest BCUT2D eigenvalue weighted by molar-refractivity contribution is -0.141. The maximum Gasteiger partial charge on any atom is 0.308 e. The number of carboxylic acid groups (broad SMARTS) is 1. The van der Waals surface area contributed by atoms with Gasteiger partial charge in [-0.15, -0.1) is 0 Å². The van der Waals surface area contributed by atoms with Crippen LogP contribution in [-0.4, -0.2) is 40.5 Å². The van der Waals surface area contributed by atoms with Gasteiger partial charge in [-0.05, 0) is 19.1 Å². The Balaban J connectivity index is 2.77. The first-order valence-corrected chi connectivity index (χ1v) is 5.33. The fourth-order valence-corrected chi connectivity index (χ4v) is 1.49. The lowest BCUT2D eigenvalue weighted by Crippen LogP contribution is -2.34. The average molecular weight is 236 g/mol. The van der Waals surface area contributed by atoms with E-state index in [9.17, 15) is 9.59 Å². The summed E-state index contributed by atoms with van der Waals surface area (Å²) in [5.41, 5.74) is 1.15. The number of carboxylic acids is 1. The maximum atomic E-state index is 12.0. The van der Waals surface area contributed by atoms with Gasteiger partial charge in [-0.3, -0.25) is 14.6 Å². The smallest absolute Gasteiger partial charge is 0.308 e. The third kappa shape index (κ3) is 3.27. The van der Waals surface area contributed by atoms with Crippen LogP contribution in [0.2, 0.25) is 0 Å². The van der Waals surface area contributed by atoms with Crippen molar-refractivity contribution in [3.63, 3.8) is 0 Å². The molecule has 17 heavy (non-hydrogen) atoms. The molecule has 1 unspecified atom stereocenters. The zero-order valence-corrected chi connectivity index (χ0v) is 10.2. The fourth-order valence-electron chi connectivity index (χ4n) is 1.49. The van der Waals surface area contributed by atoms with Gasteiger partial charge < -0.3 is 10.0 Å². The Kier molecular flexibility index (Phi) is 4.20. The first-order chi connectivity index (χ1) is 7.93. The van der Waals surface area contributed by atoms with Gasteiger partial charge in [0, 0.05) is 25.5 Å². The molecule has 0 radical (unpaired) electrons. The molecule has 0 aliphatic rings. The minimum atomic E-state index is -0.910. The zero-order valence-electron chi connectivity index (χ0n) is 10.2. The number of hydrogen-bond donors (Lipinski definition) is 1. The van der Waals surface area contributed by atoms with Gasteiger partial charge in [0.05, 0.1) is 11.5 Å². The highest BCUT2D eigenvalue weighted by atomic mass is 16.4. The molecule has 92 valence electrons. The summed E-state index contributed by atoms with van der Waals surface area (Å²) in [5.74, 6) is -1.70. The second-order valence-electron chi connectivity index (χ2n) is 4.06. The third-order valence-electron chi connectivity index (χ3n) is 2.55. The Bertz CT molecular complexity index is 432. The molecule has 0 spiro atoms. The van der Waals surface area contributed by atoms with Gasteiger partial charge in [-0.25, -0.2) is 0 Å². The highest BCUT2D eigenvalue weighted by Gasteiger charge is 2.19. The van der Waals surface area contributed by atoms with Gasteiger partial charge in [0.1, 0.15) is 0 Å². The van der Waals surface area contributed by atoms with Crippen LogP contribution in [-0.2, 0) is 4.79 Å². The third-order valence-corrected chi connectivity index (χ3v) is 2.55. The van der Waals surface area contributed by atoms with Crippen molar-refractivity contribution >= 4 is 11.9 Å². The molecule has 0 saturated heterocycles. The van der Waals surface area contributed by atoms with Crippen LogP contribution >= 0.6 is 0 Å². The molecule has 1 N–H and O–H groups in total. The van der Waals surface area contributed by atoms with Gasteiger partial charge in [-0.1, -0.05) is 6.92 Å². The minimum absolute atomic E-state index is 0.183. The normalized spacial score (nSPS) is 11.9. The van der Waals surface area contributed by atoms with E-state index in [2.05, 4.69) is 4.98 Å². The lowest BCUT2D eigenvalue weighted by atomic mass is 10.1. The van der Waals surface area contributed by atoms with E-state index < -0.39 is 11.9 Å². The summed E-state index contributed by atoms with van der Waals surface area (Å²) in [5, 5.41) is 8.79. The van der Waals surface area contributed by atoms with E-state index >= 15 is 0 Å². The Morgan fingerprint density at radius 3 is 2.71 bits per heavy atom. The van der Waals surface area contributed by atoms with Crippen LogP contribution < -0.4 is 0 Å². The number of aliphatic carboxylic acids is 1. The Morgan fingerprint density at radius 1 is 1.53 bits per heavy atom. The Labute approximate surface area is 100 Å². The van der Waals surface area contributed by atoms with E-state index in [0.717, 1.165) is 0 Å². The number of carbonyl (C=O) groups excluding carboxylic acids is 1. The summed E-state index contributed by atoms with van der Waals surface area (Å²) in [6.45, 7) is 3.51. The summed E-state index contributed by atoms with van der Waals surface area (Å²) in [6, 6.07) is 3.38.